The SMILES string of the molecule is CCCOc1cccc(N(C)Cc2ccc(C)o2)c1N. The summed E-state index contributed by atoms with van der Waals surface area (Å²) in [5.74, 6) is 2.58. The summed E-state index contributed by atoms with van der Waals surface area (Å²) in [6.07, 6.45) is 0.963. The highest BCUT2D eigenvalue weighted by Crippen LogP contribution is 2.32. The zero-order valence-electron chi connectivity index (χ0n) is 12.3. The van der Waals surface area contributed by atoms with E-state index in [1.165, 1.54) is 0 Å². The summed E-state index contributed by atoms with van der Waals surface area (Å²) in [5, 5.41) is 0. The first-order chi connectivity index (χ1) is 9.61. The Morgan fingerprint density at radius 3 is 2.70 bits per heavy atom. The average molecular weight is 274 g/mol. The first kappa shape index (κ1) is 14.3. The van der Waals surface area contributed by atoms with Crippen LogP contribution in [0.2, 0.25) is 0 Å². The van der Waals surface area contributed by atoms with Crippen LogP contribution < -0.4 is 15.4 Å². The molecule has 0 bridgehead atoms. The lowest BCUT2D eigenvalue weighted by Gasteiger charge is -2.21. The molecule has 4 nitrogen and oxygen atoms in total. The van der Waals surface area contributed by atoms with Gasteiger partial charge in [0.25, 0.3) is 0 Å². The van der Waals surface area contributed by atoms with E-state index in [1.54, 1.807) is 0 Å². The van der Waals surface area contributed by atoms with Gasteiger partial charge in [-0.3, -0.25) is 0 Å². The Balaban J connectivity index is 2.14. The van der Waals surface area contributed by atoms with Crippen molar-refractivity contribution >= 4 is 11.4 Å². The molecule has 20 heavy (non-hydrogen) atoms. The Morgan fingerprint density at radius 2 is 2.05 bits per heavy atom. The van der Waals surface area contributed by atoms with Crippen LogP contribution in [-0.4, -0.2) is 13.7 Å². The van der Waals surface area contributed by atoms with Crippen molar-refractivity contribution in [2.24, 2.45) is 0 Å². The molecule has 0 aliphatic heterocycles. The lowest BCUT2D eigenvalue weighted by Crippen LogP contribution is -2.17. The number of benzene rings is 1. The second-order valence-corrected chi connectivity index (χ2v) is 4.91. The van der Waals surface area contributed by atoms with Crippen LogP contribution >= 0.6 is 0 Å². The number of nitrogens with zero attached hydrogens (tertiary/aromatic N) is 1. The van der Waals surface area contributed by atoms with Crippen LogP contribution in [0.15, 0.2) is 34.7 Å². The molecular weight excluding hydrogens is 252 g/mol. The number of nitrogens with two attached hydrogens (primary N) is 1. The maximum Gasteiger partial charge on any atom is 0.144 e. The second-order valence-electron chi connectivity index (χ2n) is 4.91. The van der Waals surface area contributed by atoms with Crippen LogP contribution in [0.5, 0.6) is 5.75 Å². The number of para-hydroxylation sites is 1. The summed E-state index contributed by atoms with van der Waals surface area (Å²) in [6, 6.07) is 9.80. The molecule has 0 atom stereocenters. The molecule has 2 rings (SSSR count). The Labute approximate surface area is 120 Å². The van der Waals surface area contributed by atoms with Gasteiger partial charge in [0.1, 0.15) is 17.3 Å². The molecule has 2 N–H and O–H groups in total. The number of aryl methyl sites for hydroxylation is 1. The predicted octanol–water partition coefficient (Wildman–Crippen LogP) is 3.60. The largest absolute Gasteiger partial charge is 0.491 e. The van der Waals surface area contributed by atoms with Crippen LogP contribution in [0.25, 0.3) is 0 Å². The second kappa shape index (κ2) is 6.37. The van der Waals surface area contributed by atoms with E-state index in [1.807, 2.05) is 44.3 Å². The summed E-state index contributed by atoms with van der Waals surface area (Å²) in [7, 11) is 1.99. The molecule has 0 radical (unpaired) electrons. The molecule has 0 amide bonds. The van der Waals surface area contributed by atoms with Gasteiger partial charge in [-0.05, 0) is 37.6 Å². The highest BCUT2D eigenvalue weighted by molar-refractivity contribution is 5.73. The van der Waals surface area contributed by atoms with Crippen LogP contribution in [0.3, 0.4) is 0 Å². The van der Waals surface area contributed by atoms with Gasteiger partial charge in [-0.2, -0.15) is 0 Å². The van der Waals surface area contributed by atoms with Gasteiger partial charge in [-0.15, -0.1) is 0 Å². The third-order valence-electron chi connectivity index (χ3n) is 3.11. The fraction of sp³-hybridized carbons (Fsp3) is 0.375. The lowest BCUT2D eigenvalue weighted by atomic mass is 10.2. The minimum Gasteiger partial charge on any atom is -0.491 e. The molecule has 1 aromatic carbocycles. The van der Waals surface area contributed by atoms with Crippen molar-refractivity contribution in [3.05, 3.63) is 41.9 Å². The van der Waals surface area contributed by atoms with E-state index >= 15 is 0 Å². The number of hydrogen-bond acceptors (Lipinski definition) is 4. The zero-order valence-corrected chi connectivity index (χ0v) is 12.3. The normalized spacial score (nSPS) is 10.6. The molecule has 0 unspecified atom stereocenters. The Kier molecular flexibility index (Phi) is 4.56. The first-order valence-corrected chi connectivity index (χ1v) is 6.89. The van der Waals surface area contributed by atoms with Gasteiger partial charge in [-0.25, -0.2) is 0 Å². The number of furan rings is 1. The minimum absolute atomic E-state index is 0.673. The van der Waals surface area contributed by atoms with E-state index in [4.69, 9.17) is 14.9 Å². The van der Waals surface area contributed by atoms with Gasteiger partial charge in [0.2, 0.25) is 0 Å². The fourth-order valence-electron chi connectivity index (χ4n) is 2.09. The molecular formula is C16H22N2O2. The molecule has 0 fully saturated rings. The summed E-state index contributed by atoms with van der Waals surface area (Å²) in [4.78, 5) is 2.06. The van der Waals surface area contributed by atoms with Gasteiger partial charge >= 0.3 is 0 Å². The lowest BCUT2D eigenvalue weighted by molar-refractivity contribution is 0.319. The number of anilines is 2. The van der Waals surface area contributed by atoms with E-state index in [9.17, 15) is 0 Å². The summed E-state index contributed by atoms with van der Waals surface area (Å²) in [6.45, 7) is 5.37. The highest BCUT2D eigenvalue weighted by atomic mass is 16.5. The number of rotatable bonds is 6. The minimum atomic E-state index is 0.673. The van der Waals surface area contributed by atoms with Crippen molar-refractivity contribution < 1.29 is 9.15 Å². The standard InChI is InChI=1S/C16H22N2O2/c1-4-10-19-15-7-5-6-14(16(15)17)18(3)11-13-9-8-12(2)20-13/h5-9H,4,10-11,17H2,1-3H3. The number of hydrogen-bond donors (Lipinski definition) is 1. The molecule has 0 saturated carbocycles. The maximum atomic E-state index is 6.19. The molecule has 4 heteroatoms. The van der Waals surface area contributed by atoms with Gasteiger partial charge in [-0.1, -0.05) is 13.0 Å². The van der Waals surface area contributed by atoms with Gasteiger partial charge in [0.05, 0.1) is 24.5 Å². The van der Waals surface area contributed by atoms with E-state index in [2.05, 4.69) is 11.8 Å². The molecule has 0 aliphatic carbocycles. The van der Waals surface area contributed by atoms with E-state index in [0.717, 1.165) is 29.4 Å². The van der Waals surface area contributed by atoms with E-state index < -0.39 is 0 Å². The zero-order chi connectivity index (χ0) is 14.5. The van der Waals surface area contributed by atoms with Crippen LogP contribution in [0.1, 0.15) is 24.9 Å². The third-order valence-corrected chi connectivity index (χ3v) is 3.11. The fourth-order valence-corrected chi connectivity index (χ4v) is 2.09. The number of nitrogen functional groups attached to an aromatic ring is 1. The monoisotopic (exact) mass is 274 g/mol. The van der Waals surface area contributed by atoms with Crippen molar-refractivity contribution in [2.45, 2.75) is 26.8 Å². The molecule has 108 valence electrons. The maximum absolute atomic E-state index is 6.19. The van der Waals surface area contributed by atoms with Crippen molar-refractivity contribution in [3.63, 3.8) is 0 Å². The van der Waals surface area contributed by atoms with Crippen molar-refractivity contribution in [2.75, 3.05) is 24.3 Å². The van der Waals surface area contributed by atoms with Crippen LogP contribution in [0, 0.1) is 6.92 Å². The summed E-state index contributed by atoms with van der Waals surface area (Å²) in [5.41, 5.74) is 7.81. The van der Waals surface area contributed by atoms with Crippen molar-refractivity contribution in [1.29, 1.82) is 0 Å². The third kappa shape index (κ3) is 3.26. The van der Waals surface area contributed by atoms with Crippen LogP contribution in [-0.2, 0) is 6.54 Å². The molecule has 1 heterocycles. The molecule has 0 spiro atoms. The van der Waals surface area contributed by atoms with Gasteiger partial charge < -0.3 is 19.8 Å². The van der Waals surface area contributed by atoms with Gasteiger partial charge in [0, 0.05) is 7.05 Å². The Bertz CT molecular complexity index is 563. The molecule has 0 saturated heterocycles. The first-order valence-electron chi connectivity index (χ1n) is 6.89. The van der Waals surface area contributed by atoms with E-state index in [-0.39, 0.29) is 0 Å². The Hall–Kier alpha value is -2.10. The quantitative estimate of drug-likeness (QED) is 0.818. The molecule has 2 aromatic rings. The van der Waals surface area contributed by atoms with Gasteiger partial charge in [0.15, 0.2) is 0 Å². The Morgan fingerprint density at radius 1 is 1.25 bits per heavy atom. The smallest absolute Gasteiger partial charge is 0.144 e. The highest BCUT2D eigenvalue weighted by Gasteiger charge is 2.11. The topological polar surface area (TPSA) is 51.6 Å². The molecule has 1 aromatic heterocycles. The van der Waals surface area contributed by atoms with Crippen LogP contribution in [0.4, 0.5) is 11.4 Å². The van der Waals surface area contributed by atoms with Crippen molar-refractivity contribution in [1.82, 2.24) is 0 Å². The predicted molar refractivity (Wildman–Crippen MR) is 82.2 cm³/mol. The summed E-state index contributed by atoms with van der Waals surface area (Å²) < 4.78 is 11.3. The average Bonchev–Trinajstić information content (AvgIpc) is 2.83. The van der Waals surface area contributed by atoms with Crippen molar-refractivity contribution in [3.8, 4) is 5.75 Å². The number of ether oxygens (including phenoxy) is 1. The van der Waals surface area contributed by atoms with E-state index in [0.29, 0.717) is 18.8 Å². The molecule has 0 aliphatic rings. The summed E-state index contributed by atoms with van der Waals surface area (Å²) >= 11 is 0.